The van der Waals surface area contributed by atoms with Gasteiger partial charge in [-0.2, -0.15) is 0 Å². The van der Waals surface area contributed by atoms with E-state index < -0.39 is 0 Å². The summed E-state index contributed by atoms with van der Waals surface area (Å²) >= 11 is 1.70. The van der Waals surface area contributed by atoms with Crippen molar-refractivity contribution in [1.29, 1.82) is 0 Å². The normalized spacial score (nSPS) is 10.7. The van der Waals surface area contributed by atoms with Gasteiger partial charge in [-0.25, -0.2) is 4.68 Å². The maximum absolute atomic E-state index is 4.97. The van der Waals surface area contributed by atoms with E-state index in [9.17, 15) is 0 Å². The Labute approximate surface area is 88.2 Å². The number of aryl methyl sites for hydroxylation is 1. The molecular formula is C8H16N4OS. The lowest BCUT2D eigenvalue weighted by Crippen LogP contribution is -1.94. The van der Waals surface area contributed by atoms with Crippen LogP contribution in [0.1, 0.15) is 19.3 Å². The van der Waals surface area contributed by atoms with E-state index in [0.29, 0.717) is 0 Å². The van der Waals surface area contributed by atoms with E-state index >= 15 is 0 Å². The van der Waals surface area contributed by atoms with E-state index in [-0.39, 0.29) is 0 Å². The van der Waals surface area contributed by atoms with Gasteiger partial charge in [0, 0.05) is 26.5 Å². The number of ether oxygens (including phenoxy) is 1. The fourth-order valence-electron chi connectivity index (χ4n) is 1.03. The summed E-state index contributed by atoms with van der Waals surface area (Å²) < 4.78 is 6.66. The largest absolute Gasteiger partial charge is 0.385 e. The molecule has 0 aliphatic rings. The summed E-state index contributed by atoms with van der Waals surface area (Å²) in [5.41, 5.74) is 0. The van der Waals surface area contributed by atoms with Gasteiger partial charge in [0.1, 0.15) is 0 Å². The molecule has 0 aliphatic carbocycles. The highest BCUT2D eigenvalue weighted by Crippen LogP contribution is 2.14. The van der Waals surface area contributed by atoms with Crippen molar-refractivity contribution in [2.24, 2.45) is 7.05 Å². The van der Waals surface area contributed by atoms with Crippen LogP contribution in [0.15, 0.2) is 5.16 Å². The smallest absolute Gasteiger partial charge is 0.209 e. The highest BCUT2D eigenvalue weighted by atomic mass is 32.2. The molecule has 0 fully saturated rings. The minimum Gasteiger partial charge on any atom is -0.385 e. The molecule has 1 rings (SSSR count). The Morgan fingerprint density at radius 1 is 1.36 bits per heavy atom. The van der Waals surface area contributed by atoms with Gasteiger partial charge in [-0.1, -0.05) is 18.2 Å². The van der Waals surface area contributed by atoms with E-state index in [2.05, 4.69) is 15.5 Å². The van der Waals surface area contributed by atoms with Crippen molar-refractivity contribution in [1.82, 2.24) is 20.2 Å². The van der Waals surface area contributed by atoms with Crippen LogP contribution >= 0.6 is 11.8 Å². The van der Waals surface area contributed by atoms with E-state index in [0.717, 1.165) is 23.9 Å². The molecule has 0 atom stereocenters. The Morgan fingerprint density at radius 3 is 2.86 bits per heavy atom. The number of aromatic nitrogens is 4. The molecule has 0 aromatic carbocycles. The summed E-state index contributed by atoms with van der Waals surface area (Å²) in [5.74, 6) is 1.07. The Hall–Kier alpha value is -0.620. The van der Waals surface area contributed by atoms with Gasteiger partial charge in [-0.15, -0.1) is 5.10 Å². The van der Waals surface area contributed by atoms with Gasteiger partial charge in [-0.05, 0) is 23.3 Å². The first-order valence-corrected chi connectivity index (χ1v) is 5.67. The molecule has 0 N–H and O–H groups in total. The van der Waals surface area contributed by atoms with Crippen LogP contribution in [0.2, 0.25) is 0 Å². The number of tetrazole rings is 1. The van der Waals surface area contributed by atoms with Crippen molar-refractivity contribution in [2.45, 2.75) is 24.4 Å². The first kappa shape index (κ1) is 11.5. The average molecular weight is 216 g/mol. The van der Waals surface area contributed by atoms with Crippen LogP contribution in [-0.4, -0.2) is 39.7 Å². The predicted molar refractivity (Wildman–Crippen MR) is 55.2 cm³/mol. The molecule has 0 saturated heterocycles. The lowest BCUT2D eigenvalue weighted by atomic mass is 10.3. The molecule has 1 aromatic rings. The number of hydrogen-bond donors (Lipinski definition) is 0. The van der Waals surface area contributed by atoms with Crippen LogP contribution in [0.4, 0.5) is 0 Å². The second kappa shape index (κ2) is 6.78. The molecule has 14 heavy (non-hydrogen) atoms. The van der Waals surface area contributed by atoms with Crippen molar-refractivity contribution in [3.63, 3.8) is 0 Å². The zero-order chi connectivity index (χ0) is 10.2. The van der Waals surface area contributed by atoms with Crippen LogP contribution in [0.25, 0.3) is 0 Å². The Kier molecular flexibility index (Phi) is 5.55. The van der Waals surface area contributed by atoms with Gasteiger partial charge in [0.25, 0.3) is 0 Å². The Balaban J connectivity index is 2.02. The van der Waals surface area contributed by atoms with Gasteiger partial charge >= 0.3 is 0 Å². The Bertz CT molecular complexity index is 253. The van der Waals surface area contributed by atoms with Gasteiger partial charge < -0.3 is 4.74 Å². The first-order chi connectivity index (χ1) is 6.84. The number of rotatable bonds is 7. The van der Waals surface area contributed by atoms with Crippen LogP contribution in [-0.2, 0) is 11.8 Å². The van der Waals surface area contributed by atoms with Crippen molar-refractivity contribution in [3.05, 3.63) is 0 Å². The van der Waals surface area contributed by atoms with Crippen LogP contribution in [0.5, 0.6) is 0 Å². The lowest BCUT2D eigenvalue weighted by Gasteiger charge is -1.99. The highest BCUT2D eigenvalue weighted by molar-refractivity contribution is 7.99. The summed E-state index contributed by atoms with van der Waals surface area (Å²) in [4.78, 5) is 0. The van der Waals surface area contributed by atoms with E-state index in [1.165, 1.54) is 12.8 Å². The topological polar surface area (TPSA) is 52.8 Å². The van der Waals surface area contributed by atoms with Crippen LogP contribution in [0.3, 0.4) is 0 Å². The zero-order valence-electron chi connectivity index (χ0n) is 8.64. The molecule has 0 saturated carbocycles. The fourth-order valence-corrected chi connectivity index (χ4v) is 1.88. The molecule has 5 nitrogen and oxygen atoms in total. The second-order valence-electron chi connectivity index (χ2n) is 2.99. The molecule has 80 valence electrons. The van der Waals surface area contributed by atoms with Gasteiger partial charge in [-0.3, -0.25) is 0 Å². The molecule has 0 bridgehead atoms. The highest BCUT2D eigenvalue weighted by Gasteiger charge is 2.01. The minimum atomic E-state index is 0.857. The molecule has 1 aromatic heterocycles. The zero-order valence-corrected chi connectivity index (χ0v) is 9.46. The predicted octanol–water partition coefficient (Wildman–Crippen LogP) is 1.12. The van der Waals surface area contributed by atoms with Crippen LogP contribution < -0.4 is 0 Å². The number of unbranched alkanes of at least 4 members (excludes halogenated alkanes) is 2. The van der Waals surface area contributed by atoms with Gasteiger partial charge in [0.05, 0.1) is 0 Å². The van der Waals surface area contributed by atoms with Gasteiger partial charge in [0.2, 0.25) is 5.16 Å². The number of nitrogens with zero attached hydrogens (tertiary/aromatic N) is 4. The third kappa shape index (κ3) is 4.06. The summed E-state index contributed by atoms with van der Waals surface area (Å²) in [6.45, 7) is 0.857. The van der Waals surface area contributed by atoms with Crippen molar-refractivity contribution >= 4 is 11.8 Å². The maximum atomic E-state index is 4.97. The third-order valence-corrected chi connectivity index (χ3v) is 2.90. The van der Waals surface area contributed by atoms with E-state index in [1.54, 1.807) is 23.6 Å². The molecule has 0 radical (unpaired) electrons. The Morgan fingerprint density at radius 2 is 2.21 bits per heavy atom. The summed E-state index contributed by atoms with van der Waals surface area (Å²) in [5, 5.41) is 12.1. The number of hydrogen-bond acceptors (Lipinski definition) is 5. The summed E-state index contributed by atoms with van der Waals surface area (Å²) in [6, 6.07) is 0. The standard InChI is InChI=1S/C8H16N4OS/c1-12-8(9-10-11-12)14-7-5-3-4-6-13-2/h3-7H2,1-2H3. The first-order valence-electron chi connectivity index (χ1n) is 4.68. The minimum absolute atomic E-state index is 0.857. The number of methoxy groups -OCH3 is 1. The molecule has 6 heteroatoms. The van der Waals surface area contributed by atoms with E-state index in [4.69, 9.17) is 4.74 Å². The average Bonchev–Trinajstić information content (AvgIpc) is 2.58. The SMILES string of the molecule is COCCCCCSc1nnnn1C. The van der Waals surface area contributed by atoms with Crippen molar-refractivity contribution in [2.75, 3.05) is 19.5 Å². The van der Waals surface area contributed by atoms with Crippen molar-refractivity contribution < 1.29 is 4.74 Å². The molecule has 0 amide bonds. The monoisotopic (exact) mass is 216 g/mol. The summed E-state index contributed by atoms with van der Waals surface area (Å²) in [7, 11) is 3.59. The lowest BCUT2D eigenvalue weighted by molar-refractivity contribution is 0.192. The van der Waals surface area contributed by atoms with Crippen LogP contribution in [0, 0.1) is 0 Å². The molecule has 0 spiro atoms. The number of thioether (sulfide) groups is 1. The molecule has 1 heterocycles. The molecule has 0 unspecified atom stereocenters. The fraction of sp³-hybridized carbons (Fsp3) is 0.875. The second-order valence-corrected chi connectivity index (χ2v) is 4.05. The quantitative estimate of drug-likeness (QED) is 0.505. The maximum Gasteiger partial charge on any atom is 0.209 e. The van der Waals surface area contributed by atoms with Gasteiger partial charge in [0.15, 0.2) is 0 Å². The van der Waals surface area contributed by atoms with E-state index in [1.807, 2.05) is 7.05 Å². The van der Waals surface area contributed by atoms with Crippen molar-refractivity contribution in [3.8, 4) is 0 Å². The molecule has 0 aliphatic heterocycles. The third-order valence-electron chi connectivity index (χ3n) is 1.81. The summed E-state index contributed by atoms with van der Waals surface area (Å²) in [6.07, 6.45) is 3.52. The molecular weight excluding hydrogens is 200 g/mol.